The first kappa shape index (κ1) is 14.0. The number of amides is 1. The Morgan fingerprint density at radius 2 is 2.37 bits per heavy atom. The van der Waals surface area contributed by atoms with Crippen molar-refractivity contribution in [1.29, 1.82) is 0 Å². The van der Waals surface area contributed by atoms with Gasteiger partial charge in [-0.05, 0) is 30.5 Å². The number of carbonyl (C=O) groups is 1. The van der Waals surface area contributed by atoms with Crippen LogP contribution in [0, 0.1) is 5.82 Å². The highest BCUT2D eigenvalue weighted by molar-refractivity contribution is 5.77. The van der Waals surface area contributed by atoms with Gasteiger partial charge in [-0.25, -0.2) is 4.39 Å². The van der Waals surface area contributed by atoms with E-state index in [9.17, 15) is 9.18 Å². The number of nitrogens with zero attached hydrogens (tertiary/aromatic N) is 1. The van der Waals surface area contributed by atoms with E-state index in [2.05, 4.69) is 12.2 Å². The SMILES string of the molecule is CC1CN(C(=O)CC(C)c2cccc(F)c2)CCN1. The summed E-state index contributed by atoms with van der Waals surface area (Å²) in [6.45, 7) is 6.42. The highest BCUT2D eigenvalue weighted by Crippen LogP contribution is 2.21. The molecule has 0 bridgehead atoms. The molecule has 1 amide bonds. The predicted octanol–water partition coefficient (Wildman–Crippen LogP) is 2.14. The van der Waals surface area contributed by atoms with E-state index in [0.717, 1.165) is 25.2 Å². The zero-order valence-electron chi connectivity index (χ0n) is 11.5. The van der Waals surface area contributed by atoms with E-state index < -0.39 is 0 Å². The summed E-state index contributed by atoms with van der Waals surface area (Å²) in [6.07, 6.45) is 0.441. The second kappa shape index (κ2) is 6.15. The lowest BCUT2D eigenvalue weighted by molar-refractivity contribution is -0.132. The van der Waals surface area contributed by atoms with Gasteiger partial charge in [-0.1, -0.05) is 19.1 Å². The number of halogens is 1. The van der Waals surface area contributed by atoms with Gasteiger partial charge in [0.25, 0.3) is 0 Å². The lowest BCUT2D eigenvalue weighted by Crippen LogP contribution is -2.51. The van der Waals surface area contributed by atoms with E-state index in [0.29, 0.717) is 12.5 Å². The summed E-state index contributed by atoms with van der Waals surface area (Å²) in [4.78, 5) is 14.1. The second-order valence-corrected chi connectivity index (χ2v) is 5.36. The fraction of sp³-hybridized carbons (Fsp3) is 0.533. The van der Waals surface area contributed by atoms with Crippen molar-refractivity contribution in [2.24, 2.45) is 0 Å². The molecule has 0 spiro atoms. The molecule has 2 atom stereocenters. The van der Waals surface area contributed by atoms with Crippen LogP contribution >= 0.6 is 0 Å². The van der Waals surface area contributed by atoms with E-state index in [1.807, 2.05) is 17.9 Å². The third-order valence-electron chi connectivity index (χ3n) is 3.62. The standard InChI is InChI=1S/C15H21FN2O/c1-11(13-4-3-5-14(16)9-13)8-15(19)18-7-6-17-12(2)10-18/h3-5,9,11-12,17H,6-8,10H2,1-2H3. The molecule has 1 fully saturated rings. The summed E-state index contributed by atoms with van der Waals surface area (Å²) in [5, 5.41) is 3.32. The van der Waals surface area contributed by atoms with Gasteiger partial charge in [0.1, 0.15) is 5.82 Å². The van der Waals surface area contributed by atoms with Crippen molar-refractivity contribution in [1.82, 2.24) is 10.2 Å². The first-order valence-electron chi connectivity index (χ1n) is 6.83. The minimum Gasteiger partial charge on any atom is -0.340 e. The molecule has 1 aliphatic heterocycles. The Hall–Kier alpha value is -1.42. The van der Waals surface area contributed by atoms with Gasteiger partial charge in [-0.2, -0.15) is 0 Å². The van der Waals surface area contributed by atoms with Crippen molar-refractivity contribution in [3.8, 4) is 0 Å². The van der Waals surface area contributed by atoms with Crippen molar-refractivity contribution in [3.05, 3.63) is 35.6 Å². The molecule has 2 unspecified atom stereocenters. The summed E-state index contributed by atoms with van der Waals surface area (Å²) >= 11 is 0. The van der Waals surface area contributed by atoms with Crippen LogP contribution in [0.1, 0.15) is 31.7 Å². The zero-order chi connectivity index (χ0) is 13.8. The van der Waals surface area contributed by atoms with Crippen LogP contribution in [-0.2, 0) is 4.79 Å². The van der Waals surface area contributed by atoms with Gasteiger partial charge in [0.05, 0.1) is 0 Å². The van der Waals surface area contributed by atoms with E-state index in [4.69, 9.17) is 0 Å². The molecule has 3 nitrogen and oxygen atoms in total. The number of hydrogen-bond acceptors (Lipinski definition) is 2. The quantitative estimate of drug-likeness (QED) is 0.907. The van der Waals surface area contributed by atoms with Crippen LogP contribution in [0.4, 0.5) is 4.39 Å². The van der Waals surface area contributed by atoms with E-state index in [1.165, 1.54) is 12.1 Å². The highest BCUT2D eigenvalue weighted by Gasteiger charge is 2.22. The first-order chi connectivity index (χ1) is 9.06. The summed E-state index contributed by atoms with van der Waals surface area (Å²) in [6, 6.07) is 6.86. The molecule has 0 aliphatic carbocycles. The topological polar surface area (TPSA) is 32.3 Å². The average Bonchev–Trinajstić information content (AvgIpc) is 2.38. The van der Waals surface area contributed by atoms with Crippen LogP contribution in [0.2, 0.25) is 0 Å². The molecule has 0 radical (unpaired) electrons. The van der Waals surface area contributed by atoms with Crippen molar-refractivity contribution >= 4 is 5.91 Å². The minimum absolute atomic E-state index is 0.0494. The van der Waals surface area contributed by atoms with E-state index in [-0.39, 0.29) is 17.6 Å². The number of benzene rings is 1. The number of piperazine rings is 1. The molecular formula is C15H21FN2O. The fourth-order valence-electron chi connectivity index (χ4n) is 2.48. The van der Waals surface area contributed by atoms with Crippen molar-refractivity contribution in [2.75, 3.05) is 19.6 Å². The molecule has 4 heteroatoms. The van der Waals surface area contributed by atoms with Gasteiger partial charge in [0.15, 0.2) is 0 Å². The van der Waals surface area contributed by atoms with Gasteiger partial charge in [-0.15, -0.1) is 0 Å². The summed E-state index contributed by atoms with van der Waals surface area (Å²) in [5.74, 6) is -0.0360. The smallest absolute Gasteiger partial charge is 0.223 e. The Labute approximate surface area is 113 Å². The summed E-state index contributed by atoms with van der Waals surface area (Å²) in [5.41, 5.74) is 0.886. The van der Waals surface area contributed by atoms with E-state index >= 15 is 0 Å². The van der Waals surface area contributed by atoms with Crippen LogP contribution in [0.25, 0.3) is 0 Å². The zero-order valence-corrected chi connectivity index (χ0v) is 11.5. The van der Waals surface area contributed by atoms with E-state index in [1.54, 1.807) is 6.07 Å². The van der Waals surface area contributed by atoms with Crippen molar-refractivity contribution < 1.29 is 9.18 Å². The average molecular weight is 264 g/mol. The largest absolute Gasteiger partial charge is 0.340 e. The maximum Gasteiger partial charge on any atom is 0.223 e. The molecule has 0 aromatic heterocycles. The molecule has 104 valence electrons. The molecule has 1 aliphatic rings. The number of nitrogens with one attached hydrogen (secondary N) is 1. The number of hydrogen-bond donors (Lipinski definition) is 1. The molecule has 1 aromatic carbocycles. The molecule has 1 aromatic rings. The third-order valence-corrected chi connectivity index (χ3v) is 3.62. The van der Waals surface area contributed by atoms with Gasteiger partial charge in [-0.3, -0.25) is 4.79 Å². The molecule has 19 heavy (non-hydrogen) atoms. The molecular weight excluding hydrogens is 243 g/mol. The van der Waals surface area contributed by atoms with Crippen molar-refractivity contribution in [2.45, 2.75) is 32.2 Å². The molecule has 2 rings (SSSR count). The predicted molar refractivity (Wildman–Crippen MR) is 73.5 cm³/mol. The number of rotatable bonds is 3. The Bertz CT molecular complexity index is 450. The lowest BCUT2D eigenvalue weighted by atomic mass is 9.97. The maximum absolute atomic E-state index is 13.2. The Kier molecular flexibility index (Phi) is 4.53. The third kappa shape index (κ3) is 3.77. The van der Waals surface area contributed by atoms with Crippen molar-refractivity contribution in [3.63, 3.8) is 0 Å². The Balaban J connectivity index is 1.94. The van der Waals surface area contributed by atoms with Crippen LogP contribution in [0.5, 0.6) is 0 Å². The van der Waals surface area contributed by atoms with Gasteiger partial charge >= 0.3 is 0 Å². The Morgan fingerprint density at radius 3 is 3.05 bits per heavy atom. The number of carbonyl (C=O) groups excluding carboxylic acids is 1. The molecule has 1 saturated heterocycles. The maximum atomic E-state index is 13.2. The first-order valence-corrected chi connectivity index (χ1v) is 6.83. The van der Waals surface area contributed by atoms with Crippen LogP contribution < -0.4 is 5.32 Å². The summed E-state index contributed by atoms with van der Waals surface area (Å²) in [7, 11) is 0. The monoisotopic (exact) mass is 264 g/mol. The van der Waals surface area contributed by atoms with Crippen LogP contribution in [0.3, 0.4) is 0 Å². The van der Waals surface area contributed by atoms with Crippen LogP contribution in [0.15, 0.2) is 24.3 Å². The second-order valence-electron chi connectivity index (χ2n) is 5.36. The molecule has 1 heterocycles. The minimum atomic E-state index is -0.243. The highest BCUT2D eigenvalue weighted by atomic mass is 19.1. The normalized spacial score (nSPS) is 21.2. The molecule has 0 saturated carbocycles. The summed E-state index contributed by atoms with van der Waals surface area (Å²) < 4.78 is 13.2. The van der Waals surface area contributed by atoms with Gasteiger partial charge < -0.3 is 10.2 Å². The lowest BCUT2D eigenvalue weighted by Gasteiger charge is -2.32. The van der Waals surface area contributed by atoms with Gasteiger partial charge in [0, 0.05) is 32.1 Å². The van der Waals surface area contributed by atoms with Gasteiger partial charge in [0.2, 0.25) is 5.91 Å². The van der Waals surface area contributed by atoms with Crippen LogP contribution in [-0.4, -0.2) is 36.5 Å². The molecule has 1 N–H and O–H groups in total. The fourth-order valence-corrected chi connectivity index (χ4v) is 2.48. The Morgan fingerprint density at radius 1 is 1.58 bits per heavy atom.